The average molecular weight is 375 g/mol. The van der Waals surface area contributed by atoms with Gasteiger partial charge in [-0.05, 0) is 19.1 Å². The van der Waals surface area contributed by atoms with Crippen LogP contribution in [-0.4, -0.2) is 34.6 Å². The first-order valence-corrected chi connectivity index (χ1v) is 9.16. The maximum absolute atomic E-state index is 12.6. The quantitative estimate of drug-likeness (QED) is 0.653. The van der Waals surface area contributed by atoms with Crippen LogP contribution in [-0.2, 0) is 9.59 Å². The topological polar surface area (TPSA) is 96.6 Å². The first-order valence-electron chi connectivity index (χ1n) is 8.11. The third-order valence-electron chi connectivity index (χ3n) is 3.74. The molecule has 0 saturated heterocycles. The molecule has 2 N–H and O–H groups in total. The van der Waals surface area contributed by atoms with E-state index >= 15 is 0 Å². The average Bonchev–Trinajstić information content (AvgIpc) is 3.11. The molecule has 0 bridgehead atoms. The number of hydrogen-bond donors (Lipinski definition) is 2. The van der Waals surface area contributed by atoms with E-state index in [1.54, 1.807) is 24.3 Å². The van der Waals surface area contributed by atoms with Crippen LogP contribution in [0.25, 0.3) is 0 Å². The van der Waals surface area contributed by atoms with Gasteiger partial charge in [0, 0.05) is 24.7 Å². The van der Waals surface area contributed by atoms with Crippen LogP contribution in [0.3, 0.4) is 0 Å². The fraction of sp³-hybridized carbons (Fsp3) is 0.316. The summed E-state index contributed by atoms with van der Waals surface area (Å²) in [4.78, 5) is 35.0. The lowest BCUT2D eigenvalue weighted by atomic mass is 10.0. The Morgan fingerprint density at radius 1 is 1.19 bits per heavy atom. The second-order valence-electron chi connectivity index (χ2n) is 5.92. The van der Waals surface area contributed by atoms with Gasteiger partial charge in [0.05, 0.1) is 11.5 Å². The van der Waals surface area contributed by atoms with Gasteiger partial charge >= 0.3 is 5.97 Å². The van der Waals surface area contributed by atoms with Crippen LogP contribution < -0.4 is 5.32 Å². The molecule has 2 rings (SSSR count). The third-order valence-corrected chi connectivity index (χ3v) is 5.07. The molecule has 26 heavy (non-hydrogen) atoms. The highest BCUT2D eigenvalue weighted by molar-refractivity contribution is 7.99. The molecule has 1 aromatic carbocycles. The number of amides is 1. The Bertz CT molecular complexity index is 755. The van der Waals surface area contributed by atoms with E-state index in [4.69, 9.17) is 4.42 Å². The normalized spacial score (nSPS) is 13.0. The monoisotopic (exact) mass is 375 g/mol. The second kappa shape index (κ2) is 9.24. The number of rotatable bonds is 9. The van der Waals surface area contributed by atoms with E-state index in [0.29, 0.717) is 11.3 Å². The van der Waals surface area contributed by atoms with Crippen LogP contribution in [0.5, 0.6) is 0 Å². The van der Waals surface area contributed by atoms with E-state index in [0.717, 1.165) is 5.56 Å². The predicted octanol–water partition coefficient (Wildman–Crippen LogP) is 3.22. The molecule has 1 aromatic heterocycles. The molecule has 0 radical (unpaired) electrons. The second-order valence-corrected chi connectivity index (χ2v) is 7.16. The molecule has 1 amide bonds. The molecule has 0 aliphatic heterocycles. The summed E-state index contributed by atoms with van der Waals surface area (Å²) in [5, 5.41) is 11.3. The van der Waals surface area contributed by atoms with Gasteiger partial charge in [-0.3, -0.25) is 9.59 Å². The Labute approximate surface area is 156 Å². The zero-order valence-corrected chi connectivity index (χ0v) is 15.4. The summed E-state index contributed by atoms with van der Waals surface area (Å²) < 4.78 is 5.42. The van der Waals surface area contributed by atoms with Crippen molar-refractivity contribution in [1.29, 1.82) is 0 Å². The maximum Gasteiger partial charge on any atom is 0.327 e. The lowest BCUT2D eigenvalue weighted by molar-refractivity contribution is -0.140. The summed E-state index contributed by atoms with van der Waals surface area (Å²) in [5.74, 6) is -0.853. The van der Waals surface area contributed by atoms with Gasteiger partial charge in [-0.25, -0.2) is 4.79 Å². The van der Waals surface area contributed by atoms with Crippen LogP contribution in [0.4, 0.5) is 0 Å². The molecule has 0 aliphatic carbocycles. The van der Waals surface area contributed by atoms with Gasteiger partial charge in [0.1, 0.15) is 11.8 Å². The number of thioether (sulfide) groups is 1. The van der Waals surface area contributed by atoms with Crippen LogP contribution in [0, 0.1) is 6.92 Å². The Morgan fingerprint density at radius 2 is 1.88 bits per heavy atom. The first-order chi connectivity index (χ1) is 12.4. The molecule has 1 heterocycles. The summed E-state index contributed by atoms with van der Waals surface area (Å²) in [5.41, 5.74) is 1.67. The minimum absolute atomic E-state index is 0.0506. The van der Waals surface area contributed by atoms with E-state index in [2.05, 4.69) is 5.32 Å². The van der Waals surface area contributed by atoms with Crippen molar-refractivity contribution in [2.45, 2.75) is 31.6 Å². The molecule has 2 atom stereocenters. The van der Waals surface area contributed by atoms with E-state index in [1.165, 1.54) is 24.9 Å². The predicted molar refractivity (Wildman–Crippen MR) is 99.3 cm³/mol. The first kappa shape index (κ1) is 19.8. The van der Waals surface area contributed by atoms with E-state index in [-0.39, 0.29) is 23.2 Å². The van der Waals surface area contributed by atoms with Crippen molar-refractivity contribution in [2.24, 2.45) is 0 Å². The minimum Gasteiger partial charge on any atom is -0.480 e. The van der Waals surface area contributed by atoms with E-state index < -0.39 is 17.9 Å². The summed E-state index contributed by atoms with van der Waals surface area (Å²) in [7, 11) is 0. The number of carboxylic acid groups (broad SMARTS) is 1. The number of benzene rings is 1. The maximum atomic E-state index is 12.6. The van der Waals surface area contributed by atoms with Gasteiger partial charge in [-0.15, -0.1) is 11.8 Å². The molecule has 0 spiro atoms. The van der Waals surface area contributed by atoms with Gasteiger partial charge in [0.15, 0.2) is 5.78 Å². The Kier molecular flexibility index (Phi) is 7.03. The van der Waals surface area contributed by atoms with Crippen molar-refractivity contribution in [3.8, 4) is 0 Å². The van der Waals surface area contributed by atoms with Gasteiger partial charge in [0.25, 0.3) is 0 Å². The van der Waals surface area contributed by atoms with E-state index in [1.807, 2.05) is 19.1 Å². The fourth-order valence-corrected chi connectivity index (χ4v) is 3.59. The van der Waals surface area contributed by atoms with Crippen molar-refractivity contribution in [3.05, 3.63) is 59.5 Å². The molecule has 0 fully saturated rings. The van der Waals surface area contributed by atoms with Gasteiger partial charge in [-0.2, -0.15) is 0 Å². The summed E-state index contributed by atoms with van der Waals surface area (Å²) >= 11 is 1.27. The number of furan rings is 1. The van der Waals surface area contributed by atoms with Crippen molar-refractivity contribution < 1.29 is 23.9 Å². The lowest BCUT2D eigenvalue weighted by Crippen LogP contribution is -2.41. The van der Waals surface area contributed by atoms with Crippen LogP contribution >= 0.6 is 11.8 Å². The minimum atomic E-state index is -1.12. The largest absolute Gasteiger partial charge is 0.480 e. The molecule has 0 aliphatic rings. The molecule has 6 nitrogen and oxygen atoms in total. The highest BCUT2D eigenvalue weighted by Crippen LogP contribution is 2.34. The number of carbonyl (C=O) groups is 3. The van der Waals surface area contributed by atoms with Crippen LogP contribution in [0.2, 0.25) is 0 Å². The number of hydrogen-bond acceptors (Lipinski definition) is 5. The van der Waals surface area contributed by atoms with Gasteiger partial charge < -0.3 is 14.8 Å². The molecule has 7 heteroatoms. The number of carboxylic acids is 1. The number of ketones is 1. The molecule has 0 unspecified atom stereocenters. The zero-order valence-electron chi connectivity index (χ0n) is 14.6. The smallest absolute Gasteiger partial charge is 0.327 e. The number of Topliss-reactive ketones (excluding diaryl/α,β-unsaturated/α-hetero) is 1. The summed E-state index contributed by atoms with van der Waals surface area (Å²) in [6.45, 7) is 3.22. The molecule has 138 valence electrons. The lowest BCUT2D eigenvalue weighted by Gasteiger charge is -2.18. The van der Waals surface area contributed by atoms with Crippen molar-refractivity contribution >= 4 is 29.4 Å². The number of aryl methyl sites for hydroxylation is 1. The number of nitrogens with one attached hydrogen (secondary N) is 1. The number of carbonyl (C=O) groups excluding carboxylic acids is 2. The van der Waals surface area contributed by atoms with Crippen molar-refractivity contribution in [2.75, 3.05) is 5.75 Å². The van der Waals surface area contributed by atoms with Gasteiger partial charge in [0.2, 0.25) is 5.91 Å². The van der Waals surface area contributed by atoms with Crippen molar-refractivity contribution in [1.82, 2.24) is 5.32 Å². The van der Waals surface area contributed by atoms with Crippen LogP contribution in [0.15, 0.2) is 47.1 Å². The SMILES string of the molecule is CC(=O)N[C@@H](CS[C@@H](CC(=O)c1ccc(C)cc1)c1ccco1)C(=O)O. The molecular weight excluding hydrogens is 354 g/mol. The Morgan fingerprint density at radius 3 is 2.42 bits per heavy atom. The highest BCUT2D eigenvalue weighted by atomic mass is 32.2. The molecular formula is C19H21NO5S. The third kappa shape index (κ3) is 5.77. The summed E-state index contributed by atoms with van der Waals surface area (Å²) in [6.07, 6.45) is 1.69. The number of aliphatic carboxylic acids is 1. The Balaban J connectivity index is 2.09. The highest BCUT2D eigenvalue weighted by Gasteiger charge is 2.25. The zero-order chi connectivity index (χ0) is 19.1. The molecule has 0 saturated carbocycles. The summed E-state index contributed by atoms with van der Waals surface area (Å²) in [6, 6.07) is 9.76. The van der Waals surface area contributed by atoms with E-state index in [9.17, 15) is 19.5 Å². The van der Waals surface area contributed by atoms with Gasteiger partial charge in [-0.1, -0.05) is 29.8 Å². The fourth-order valence-electron chi connectivity index (χ4n) is 2.37. The Hall–Kier alpha value is -2.54. The van der Waals surface area contributed by atoms with Crippen molar-refractivity contribution in [3.63, 3.8) is 0 Å². The standard InChI is InChI=1S/C19H21NO5S/c1-12-5-7-14(8-6-12)16(22)10-18(17-4-3-9-25-17)26-11-15(19(23)24)20-13(2)21/h3-9,15,18H,10-11H2,1-2H3,(H,20,21)(H,23,24)/t15-,18-/m0/s1. The van der Waals surface area contributed by atoms with Crippen LogP contribution in [0.1, 0.15) is 40.3 Å². The molecule has 2 aromatic rings.